The van der Waals surface area contributed by atoms with Gasteiger partial charge in [0, 0.05) is 18.2 Å². The summed E-state index contributed by atoms with van der Waals surface area (Å²) in [5, 5.41) is 0. The third kappa shape index (κ3) is 3.67. The number of amides is 1. The zero-order valence-corrected chi connectivity index (χ0v) is 16.1. The molecular formula is C24H19FN2O2. The van der Waals surface area contributed by atoms with Crippen LogP contribution in [0.5, 0.6) is 5.75 Å². The number of likely N-dealkylation sites (N-methyl/N-ethyl adjacent to an activating group) is 1. The lowest BCUT2D eigenvalue weighted by Crippen LogP contribution is -2.26. The molecule has 1 heterocycles. The van der Waals surface area contributed by atoms with Crippen LogP contribution in [0.2, 0.25) is 0 Å². The van der Waals surface area contributed by atoms with E-state index in [4.69, 9.17) is 9.73 Å². The van der Waals surface area contributed by atoms with Crippen LogP contribution in [-0.4, -0.2) is 25.8 Å². The van der Waals surface area contributed by atoms with Crippen LogP contribution in [0.4, 0.5) is 10.1 Å². The zero-order valence-electron chi connectivity index (χ0n) is 16.1. The SMILES string of the molecule is COc1ccc(/C=C2\N=C(c3ccc(F)cc3)c3ccccc3N(C)C2=O)cc1. The molecule has 0 spiro atoms. The minimum absolute atomic E-state index is 0.217. The Labute approximate surface area is 168 Å². The van der Waals surface area contributed by atoms with Gasteiger partial charge in [-0.15, -0.1) is 0 Å². The average Bonchev–Trinajstić information content (AvgIpc) is 2.86. The van der Waals surface area contributed by atoms with E-state index in [9.17, 15) is 9.18 Å². The summed E-state index contributed by atoms with van der Waals surface area (Å²) in [7, 11) is 3.33. The summed E-state index contributed by atoms with van der Waals surface area (Å²) in [4.78, 5) is 19.4. The normalized spacial score (nSPS) is 15.0. The van der Waals surface area contributed by atoms with Gasteiger partial charge in [-0.05, 0) is 54.1 Å². The second-order valence-electron chi connectivity index (χ2n) is 6.65. The van der Waals surface area contributed by atoms with Crippen LogP contribution >= 0.6 is 0 Å². The standard InChI is InChI=1S/C24H19FN2O2/c1-27-22-6-4-3-5-20(22)23(17-9-11-18(25)12-10-17)26-21(24(27)28)15-16-7-13-19(29-2)14-8-16/h3-15H,1-2H3/b21-15-. The molecular weight excluding hydrogens is 367 g/mol. The lowest BCUT2D eigenvalue weighted by Gasteiger charge is -2.17. The Hall–Kier alpha value is -3.73. The fourth-order valence-electron chi connectivity index (χ4n) is 3.26. The maximum Gasteiger partial charge on any atom is 0.276 e. The van der Waals surface area contributed by atoms with E-state index in [0.717, 1.165) is 28.1 Å². The van der Waals surface area contributed by atoms with Gasteiger partial charge < -0.3 is 9.64 Å². The molecule has 4 nitrogen and oxygen atoms in total. The molecule has 4 rings (SSSR count). The Bertz CT molecular complexity index is 1120. The highest BCUT2D eigenvalue weighted by Crippen LogP contribution is 2.29. The Morgan fingerprint density at radius 1 is 0.966 bits per heavy atom. The number of fused-ring (bicyclic) bond motifs is 1. The van der Waals surface area contributed by atoms with Crippen molar-refractivity contribution in [2.24, 2.45) is 4.99 Å². The summed E-state index contributed by atoms with van der Waals surface area (Å²) in [6, 6.07) is 21.1. The summed E-state index contributed by atoms with van der Waals surface area (Å²) in [5.74, 6) is 0.197. The molecule has 1 amide bonds. The van der Waals surface area contributed by atoms with E-state index in [1.807, 2.05) is 48.5 Å². The topological polar surface area (TPSA) is 41.9 Å². The lowest BCUT2D eigenvalue weighted by atomic mass is 10.0. The van der Waals surface area contributed by atoms with Crippen molar-refractivity contribution in [2.45, 2.75) is 0 Å². The summed E-state index contributed by atoms with van der Waals surface area (Å²) in [6.45, 7) is 0. The number of ether oxygens (including phenoxy) is 1. The van der Waals surface area contributed by atoms with E-state index in [1.54, 1.807) is 37.3 Å². The summed E-state index contributed by atoms with van der Waals surface area (Å²) in [6.07, 6.45) is 1.74. The molecule has 0 N–H and O–H groups in total. The first-order valence-electron chi connectivity index (χ1n) is 9.14. The van der Waals surface area contributed by atoms with Gasteiger partial charge >= 0.3 is 0 Å². The van der Waals surface area contributed by atoms with Gasteiger partial charge in [-0.3, -0.25) is 4.79 Å². The van der Waals surface area contributed by atoms with E-state index in [-0.39, 0.29) is 11.7 Å². The number of nitrogens with zero attached hydrogens (tertiary/aromatic N) is 2. The van der Waals surface area contributed by atoms with Crippen molar-refractivity contribution < 1.29 is 13.9 Å². The van der Waals surface area contributed by atoms with Crippen LogP contribution in [-0.2, 0) is 4.79 Å². The molecule has 0 saturated carbocycles. The minimum atomic E-state index is -0.321. The van der Waals surface area contributed by atoms with Crippen LogP contribution in [0.25, 0.3) is 6.08 Å². The third-order valence-corrected chi connectivity index (χ3v) is 4.81. The zero-order chi connectivity index (χ0) is 20.4. The maximum absolute atomic E-state index is 13.5. The number of benzene rings is 3. The van der Waals surface area contributed by atoms with Gasteiger partial charge in [0.2, 0.25) is 0 Å². The molecule has 0 unspecified atom stereocenters. The molecule has 1 aliphatic rings. The van der Waals surface area contributed by atoms with E-state index >= 15 is 0 Å². The number of aliphatic imine (C=N–C) groups is 1. The van der Waals surface area contributed by atoms with Crippen LogP contribution in [0.3, 0.4) is 0 Å². The molecule has 29 heavy (non-hydrogen) atoms. The maximum atomic E-state index is 13.5. The second-order valence-corrected chi connectivity index (χ2v) is 6.65. The number of para-hydroxylation sites is 1. The van der Waals surface area contributed by atoms with E-state index in [1.165, 1.54) is 12.1 Å². The van der Waals surface area contributed by atoms with Gasteiger partial charge in [0.15, 0.2) is 0 Å². The van der Waals surface area contributed by atoms with Crippen LogP contribution in [0.15, 0.2) is 83.5 Å². The number of anilines is 1. The highest BCUT2D eigenvalue weighted by molar-refractivity contribution is 6.23. The molecule has 0 radical (unpaired) electrons. The molecule has 5 heteroatoms. The molecule has 0 aromatic heterocycles. The smallest absolute Gasteiger partial charge is 0.276 e. The fraction of sp³-hybridized carbons (Fsp3) is 0.0833. The molecule has 0 aliphatic carbocycles. The van der Waals surface area contributed by atoms with Crippen molar-refractivity contribution >= 4 is 23.4 Å². The summed E-state index contributed by atoms with van der Waals surface area (Å²) in [5.41, 5.74) is 4.05. The van der Waals surface area contributed by atoms with Crippen molar-refractivity contribution in [3.8, 4) is 5.75 Å². The number of methoxy groups -OCH3 is 1. The van der Waals surface area contributed by atoms with Gasteiger partial charge in [-0.25, -0.2) is 9.38 Å². The van der Waals surface area contributed by atoms with Crippen molar-refractivity contribution in [3.63, 3.8) is 0 Å². The minimum Gasteiger partial charge on any atom is -0.497 e. The number of carbonyl (C=O) groups is 1. The Balaban J connectivity index is 1.89. The molecule has 0 saturated heterocycles. The number of benzodiazepines with no additional fused rings is 1. The molecule has 0 bridgehead atoms. The molecule has 144 valence electrons. The quantitative estimate of drug-likeness (QED) is 0.613. The third-order valence-electron chi connectivity index (χ3n) is 4.81. The molecule has 0 fully saturated rings. The Kier molecular flexibility index (Phi) is 4.96. The van der Waals surface area contributed by atoms with Gasteiger partial charge in [0.1, 0.15) is 17.3 Å². The Morgan fingerprint density at radius 3 is 2.34 bits per heavy atom. The first kappa shape index (κ1) is 18.6. The Morgan fingerprint density at radius 2 is 1.66 bits per heavy atom. The number of halogens is 1. The van der Waals surface area contributed by atoms with E-state index in [2.05, 4.69) is 0 Å². The van der Waals surface area contributed by atoms with Gasteiger partial charge in [-0.1, -0.05) is 30.3 Å². The van der Waals surface area contributed by atoms with Crippen LogP contribution in [0, 0.1) is 5.82 Å². The second kappa shape index (κ2) is 7.72. The summed E-state index contributed by atoms with van der Waals surface area (Å²) < 4.78 is 18.6. The monoisotopic (exact) mass is 386 g/mol. The predicted octanol–water partition coefficient (Wildman–Crippen LogP) is 4.69. The van der Waals surface area contributed by atoms with Gasteiger partial charge in [-0.2, -0.15) is 0 Å². The highest BCUT2D eigenvalue weighted by Gasteiger charge is 2.25. The predicted molar refractivity (Wildman–Crippen MR) is 113 cm³/mol. The van der Waals surface area contributed by atoms with E-state index in [0.29, 0.717) is 11.4 Å². The number of hydrogen-bond donors (Lipinski definition) is 0. The number of carbonyl (C=O) groups excluding carboxylic acids is 1. The van der Waals surface area contributed by atoms with Crippen LogP contribution < -0.4 is 9.64 Å². The number of hydrogen-bond acceptors (Lipinski definition) is 3. The van der Waals surface area contributed by atoms with Crippen LogP contribution in [0.1, 0.15) is 16.7 Å². The van der Waals surface area contributed by atoms with Crippen molar-refractivity contribution in [3.05, 3.63) is 101 Å². The average molecular weight is 386 g/mol. The molecule has 3 aromatic carbocycles. The van der Waals surface area contributed by atoms with Crippen molar-refractivity contribution in [2.75, 3.05) is 19.1 Å². The first-order valence-corrected chi connectivity index (χ1v) is 9.14. The first-order chi connectivity index (χ1) is 14.1. The van der Waals surface area contributed by atoms with Gasteiger partial charge in [0.25, 0.3) is 5.91 Å². The van der Waals surface area contributed by atoms with Crippen molar-refractivity contribution in [1.82, 2.24) is 0 Å². The summed E-state index contributed by atoms with van der Waals surface area (Å²) >= 11 is 0. The highest BCUT2D eigenvalue weighted by atomic mass is 19.1. The fourth-order valence-corrected chi connectivity index (χ4v) is 3.26. The molecule has 1 aliphatic heterocycles. The lowest BCUT2D eigenvalue weighted by molar-refractivity contribution is -0.114. The largest absolute Gasteiger partial charge is 0.497 e. The molecule has 3 aromatic rings. The van der Waals surface area contributed by atoms with E-state index < -0.39 is 0 Å². The van der Waals surface area contributed by atoms with Crippen molar-refractivity contribution in [1.29, 1.82) is 0 Å². The van der Waals surface area contributed by atoms with Gasteiger partial charge in [0.05, 0.1) is 18.5 Å². The molecule has 0 atom stereocenters. The number of rotatable bonds is 3.